The van der Waals surface area contributed by atoms with Gasteiger partial charge >= 0.3 is 0 Å². The van der Waals surface area contributed by atoms with Crippen LogP contribution >= 0.6 is 0 Å². The highest BCUT2D eigenvalue weighted by Gasteiger charge is 2.35. The van der Waals surface area contributed by atoms with Crippen LogP contribution in [0.4, 0.5) is 4.39 Å². The minimum absolute atomic E-state index is 0.234. The lowest BCUT2D eigenvalue weighted by atomic mass is 9.97. The highest BCUT2D eigenvalue weighted by molar-refractivity contribution is 7.92. The molecular weight excluding hydrogens is 279 g/mol. The highest BCUT2D eigenvalue weighted by atomic mass is 32.2. The second-order valence-corrected chi connectivity index (χ2v) is 7.79. The van der Waals surface area contributed by atoms with Crippen LogP contribution in [0.25, 0.3) is 0 Å². The summed E-state index contributed by atoms with van der Waals surface area (Å²) in [4.78, 5) is 0. The highest BCUT2D eigenvalue weighted by Crippen LogP contribution is 2.24. The zero-order valence-corrected chi connectivity index (χ0v) is 12.4. The molecule has 1 aromatic rings. The predicted octanol–water partition coefficient (Wildman–Crippen LogP) is 1.48. The van der Waals surface area contributed by atoms with Crippen LogP contribution in [0, 0.1) is 12.7 Å². The van der Waals surface area contributed by atoms with E-state index in [9.17, 15) is 12.8 Å². The fraction of sp³-hybridized carbons (Fsp3) is 0.571. The lowest BCUT2D eigenvalue weighted by Gasteiger charge is -2.30. The van der Waals surface area contributed by atoms with Crippen molar-refractivity contribution in [3.05, 3.63) is 35.1 Å². The van der Waals surface area contributed by atoms with Gasteiger partial charge in [-0.3, -0.25) is 11.3 Å². The van der Waals surface area contributed by atoms with Gasteiger partial charge in [0.05, 0.1) is 11.0 Å². The van der Waals surface area contributed by atoms with Gasteiger partial charge in [-0.25, -0.2) is 12.8 Å². The first-order valence-electron chi connectivity index (χ1n) is 6.87. The van der Waals surface area contributed by atoms with Crippen LogP contribution in [0.15, 0.2) is 18.2 Å². The predicted molar refractivity (Wildman–Crippen MR) is 77.4 cm³/mol. The number of nitrogens with one attached hydrogen (secondary N) is 1. The fourth-order valence-corrected chi connectivity index (χ4v) is 4.96. The van der Waals surface area contributed by atoms with Crippen molar-refractivity contribution >= 4 is 9.84 Å². The van der Waals surface area contributed by atoms with Gasteiger partial charge in [-0.1, -0.05) is 12.5 Å². The molecule has 2 rings (SSSR count). The number of sulfone groups is 1. The first-order chi connectivity index (χ1) is 9.44. The van der Waals surface area contributed by atoms with Crippen molar-refractivity contribution in [3.8, 4) is 0 Å². The van der Waals surface area contributed by atoms with Crippen molar-refractivity contribution in [3.63, 3.8) is 0 Å². The standard InChI is InChI=1S/C14H21FN2O2S/c1-10-8-12(15)6-5-11(10)9-13(17-16)14-4-2-3-7-20(14,18)19/h5-6,8,13-14,17H,2-4,7,9,16H2,1H3. The van der Waals surface area contributed by atoms with Gasteiger partial charge in [-0.15, -0.1) is 0 Å². The lowest BCUT2D eigenvalue weighted by Crippen LogP contribution is -2.50. The Balaban J connectivity index is 2.20. The van der Waals surface area contributed by atoms with E-state index in [-0.39, 0.29) is 17.6 Å². The van der Waals surface area contributed by atoms with E-state index in [4.69, 9.17) is 5.84 Å². The van der Waals surface area contributed by atoms with E-state index in [1.807, 2.05) is 6.92 Å². The summed E-state index contributed by atoms with van der Waals surface area (Å²) in [6, 6.07) is 4.22. The van der Waals surface area contributed by atoms with E-state index in [1.165, 1.54) is 12.1 Å². The smallest absolute Gasteiger partial charge is 0.154 e. The SMILES string of the molecule is Cc1cc(F)ccc1CC(NN)C1CCCCS1(=O)=O. The maximum Gasteiger partial charge on any atom is 0.154 e. The van der Waals surface area contributed by atoms with Gasteiger partial charge in [0, 0.05) is 6.04 Å². The minimum Gasteiger partial charge on any atom is -0.271 e. The van der Waals surface area contributed by atoms with E-state index in [0.29, 0.717) is 12.8 Å². The summed E-state index contributed by atoms with van der Waals surface area (Å²) in [5, 5.41) is -0.453. The van der Waals surface area contributed by atoms with Crippen molar-refractivity contribution in [1.29, 1.82) is 0 Å². The Labute approximate surface area is 119 Å². The Morgan fingerprint density at radius 3 is 2.80 bits per heavy atom. The number of nitrogens with two attached hydrogens (primary N) is 1. The van der Waals surface area contributed by atoms with E-state index in [1.54, 1.807) is 6.07 Å². The molecule has 20 heavy (non-hydrogen) atoms. The molecule has 1 heterocycles. The molecule has 3 N–H and O–H groups in total. The Morgan fingerprint density at radius 1 is 1.45 bits per heavy atom. The van der Waals surface area contributed by atoms with Crippen LogP contribution in [0.5, 0.6) is 0 Å². The lowest BCUT2D eigenvalue weighted by molar-refractivity contribution is 0.440. The van der Waals surface area contributed by atoms with Gasteiger partial charge in [0.1, 0.15) is 5.82 Å². The normalized spacial score (nSPS) is 23.4. The van der Waals surface area contributed by atoms with Gasteiger partial charge in [0.25, 0.3) is 0 Å². The Hall–Kier alpha value is -0.980. The third-order valence-corrected chi connectivity index (χ3v) is 6.38. The molecule has 2 unspecified atom stereocenters. The molecule has 0 amide bonds. The maximum absolute atomic E-state index is 13.1. The summed E-state index contributed by atoms with van der Waals surface area (Å²) in [7, 11) is -3.09. The van der Waals surface area contributed by atoms with Crippen molar-refractivity contribution in [2.75, 3.05) is 5.75 Å². The van der Waals surface area contributed by atoms with E-state index in [0.717, 1.165) is 24.0 Å². The molecule has 1 fully saturated rings. The molecule has 6 heteroatoms. The number of hydrogen-bond acceptors (Lipinski definition) is 4. The maximum atomic E-state index is 13.1. The summed E-state index contributed by atoms with van der Waals surface area (Å²) < 4.78 is 37.4. The van der Waals surface area contributed by atoms with Crippen LogP contribution in [0.1, 0.15) is 30.4 Å². The van der Waals surface area contributed by atoms with Crippen LogP contribution in [0.2, 0.25) is 0 Å². The van der Waals surface area contributed by atoms with Crippen LogP contribution in [0.3, 0.4) is 0 Å². The van der Waals surface area contributed by atoms with Crippen LogP contribution < -0.4 is 11.3 Å². The van der Waals surface area contributed by atoms with Gasteiger partial charge < -0.3 is 0 Å². The zero-order chi connectivity index (χ0) is 14.8. The molecule has 1 aromatic carbocycles. The molecular formula is C14H21FN2O2S. The molecule has 4 nitrogen and oxygen atoms in total. The van der Waals surface area contributed by atoms with E-state index < -0.39 is 15.1 Å². The molecule has 0 radical (unpaired) electrons. The summed E-state index contributed by atoms with van der Waals surface area (Å²) in [6.45, 7) is 1.82. The molecule has 1 aliphatic rings. The largest absolute Gasteiger partial charge is 0.271 e. The van der Waals surface area contributed by atoms with Crippen molar-refractivity contribution < 1.29 is 12.8 Å². The number of rotatable bonds is 4. The summed E-state index contributed by atoms with van der Waals surface area (Å²) in [5.74, 6) is 5.51. The Kier molecular flexibility index (Phi) is 4.78. The molecule has 0 saturated carbocycles. The number of benzene rings is 1. The first kappa shape index (κ1) is 15.4. The average molecular weight is 300 g/mol. The molecule has 0 bridgehead atoms. The quantitative estimate of drug-likeness (QED) is 0.652. The Bertz CT molecular complexity index is 575. The van der Waals surface area contributed by atoms with Gasteiger partial charge in [0.2, 0.25) is 0 Å². The van der Waals surface area contributed by atoms with Crippen LogP contribution in [-0.4, -0.2) is 25.5 Å². The molecule has 112 valence electrons. The third kappa shape index (κ3) is 3.37. The summed E-state index contributed by atoms with van der Waals surface area (Å²) in [5.41, 5.74) is 4.39. The van der Waals surface area contributed by atoms with Crippen molar-refractivity contribution in [1.82, 2.24) is 5.43 Å². The van der Waals surface area contributed by atoms with E-state index in [2.05, 4.69) is 5.43 Å². The molecule has 2 atom stereocenters. The van der Waals surface area contributed by atoms with Crippen molar-refractivity contribution in [2.45, 2.75) is 43.9 Å². The minimum atomic E-state index is -3.09. The fourth-order valence-electron chi connectivity index (χ4n) is 2.85. The molecule has 0 spiro atoms. The van der Waals surface area contributed by atoms with Gasteiger partial charge in [-0.2, -0.15) is 0 Å². The van der Waals surface area contributed by atoms with Gasteiger partial charge in [-0.05, 0) is 49.4 Å². The second-order valence-electron chi connectivity index (χ2n) is 5.45. The summed E-state index contributed by atoms with van der Waals surface area (Å²) >= 11 is 0. The zero-order valence-electron chi connectivity index (χ0n) is 11.6. The van der Waals surface area contributed by atoms with Crippen LogP contribution in [-0.2, 0) is 16.3 Å². The summed E-state index contributed by atoms with van der Waals surface area (Å²) in [6.07, 6.45) is 2.76. The first-order valence-corrected chi connectivity index (χ1v) is 8.58. The number of aryl methyl sites for hydroxylation is 1. The van der Waals surface area contributed by atoms with Gasteiger partial charge in [0.15, 0.2) is 9.84 Å². The monoisotopic (exact) mass is 300 g/mol. The van der Waals surface area contributed by atoms with Crippen molar-refractivity contribution in [2.24, 2.45) is 5.84 Å². The number of hydrogen-bond donors (Lipinski definition) is 2. The molecule has 0 aliphatic carbocycles. The molecule has 1 saturated heterocycles. The topological polar surface area (TPSA) is 72.2 Å². The number of hydrazine groups is 1. The molecule has 0 aromatic heterocycles. The van der Waals surface area contributed by atoms with E-state index >= 15 is 0 Å². The second kappa shape index (κ2) is 6.20. The average Bonchev–Trinajstić information content (AvgIpc) is 2.38. The number of halogens is 1. The third-order valence-electron chi connectivity index (χ3n) is 4.04. The Morgan fingerprint density at radius 2 is 2.20 bits per heavy atom. The molecule has 1 aliphatic heterocycles.